The van der Waals surface area contributed by atoms with Crippen LogP contribution in [0, 0.1) is 11.3 Å². The molecule has 1 aliphatic heterocycles. The van der Waals surface area contributed by atoms with Crippen LogP contribution in [-0.4, -0.2) is 28.0 Å². The molecule has 32 heavy (non-hydrogen) atoms. The third-order valence-corrected chi connectivity index (χ3v) is 5.71. The molecule has 160 valence electrons. The first-order chi connectivity index (χ1) is 15.7. The highest BCUT2D eigenvalue weighted by atomic mass is 16.5. The predicted octanol–water partition coefficient (Wildman–Crippen LogP) is 3.12. The molecule has 0 saturated heterocycles. The van der Waals surface area contributed by atoms with Crippen molar-refractivity contribution in [2.75, 3.05) is 24.7 Å². The van der Waals surface area contributed by atoms with E-state index < -0.39 is 0 Å². The van der Waals surface area contributed by atoms with Crippen LogP contribution in [0.25, 0.3) is 16.8 Å². The average Bonchev–Trinajstić information content (AvgIpc) is 3.46. The van der Waals surface area contributed by atoms with E-state index in [1.165, 1.54) is 5.56 Å². The number of ether oxygens (including phenoxy) is 1. The van der Waals surface area contributed by atoms with Crippen LogP contribution in [0.3, 0.4) is 0 Å². The highest BCUT2D eigenvalue weighted by molar-refractivity contribution is 5.78. The van der Waals surface area contributed by atoms with E-state index in [-0.39, 0.29) is 0 Å². The van der Waals surface area contributed by atoms with Gasteiger partial charge in [0.05, 0.1) is 12.8 Å². The molecule has 1 aliphatic rings. The quantitative estimate of drug-likeness (QED) is 0.407. The minimum atomic E-state index is 0.336. The van der Waals surface area contributed by atoms with Gasteiger partial charge in [-0.2, -0.15) is 5.26 Å². The van der Waals surface area contributed by atoms with Crippen molar-refractivity contribution in [2.24, 2.45) is 0 Å². The van der Waals surface area contributed by atoms with Gasteiger partial charge in [0.2, 0.25) is 5.95 Å². The molecular weight excluding hydrogens is 402 g/mol. The number of nitriles is 1. The number of imidazole rings is 1. The second-order valence-corrected chi connectivity index (χ2v) is 7.72. The molecule has 0 spiro atoms. The third kappa shape index (κ3) is 3.49. The van der Waals surface area contributed by atoms with E-state index in [1.807, 2.05) is 35.7 Å². The molecule has 0 unspecified atom stereocenters. The SMILES string of the molecule is CNCc1ccc(-c2cnc(NCc3c(N)ccc4c3CCO4)n3cc(C#N)nc23)cc1. The Hall–Kier alpha value is -4.09. The molecule has 0 aliphatic carbocycles. The summed E-state index contributed by atoms with van der Waals surface area (Å²) in [5, 5.41) is 16.0. The Bertz CT molecular complexity index is 1340. The van der Waals surface area contributed by atoms with Crippen LogP contribution in [0.4, 0.5) is 11.6 Å². The van der Waals surface area contributed by atoms with Crippen molar-refractivity contribution in [3.63, 3.8) is 0 Å². The van der Waals surface area contributed by atoms with Crippen molar-refractivity contribution < 1.29 is 4.74 Å². The molecule has 0 bridgehead atoms. The lowest BCUT2D eigenvalue weighted by Crippen LogP contribution is -2.10. The van der Waals surface area contributed by atoms with Gasteiger partial charge in [-0.1, -0.05) is 24.3 Å². The topological polar surface area (TPSA) is 113 Å². The van der Waals surface area contributed by atoms with E-state index in [4.69, 9.17) is 10.5 Å². The van der Waals surface area contributed by atoms with E-state index in [0.717, 1.165) is 46.7 Å². The van der Waals surface area contributed by atoms with Crippen LogP contribution in [0.5, 0.6) is 5.75 Å². The number of benzene rings is 2. The Morgan fingerprint density at radius 1 is 1.19 bits per heavy atom. The summed E-state index contributed by atoms with van der Waals surface area (Å²) in [4.78, 5) is 9.17. The van der Waals surface area contributed by atoms with Gasteiger partial charge in [0.15, 0.2) is 11.3 Å². The first-order valence-corrected chi connectivity index (χ1v) is 10.5. The molecule has 8 heteroatoms. The fraction of sp³-hybridized carbons (Fsp3) is 0.208. The molecule has 2 aromatic heterocycles. The van der Waals surface area contributed by atoms with Crippen molar-refractivity contribution in [1.82, 2.24) is 19.7 Å². The number of hydrogen-bond acceptors (Lipinski definition) is 7. The van der Waals surface area contributed by atoms with Gasteiger partial charge in [0.25, 0.3) is 0 Å². The minimum Gasteiger partial charge on any atom is -0.493 e. The van der Waals surface area contributed by atoms with Gasteiger partial charge in [-0.3, -0.25) is 4.40 Å². The summed E-state index contributed by atoms with van der Waals surface area (Å²) in [6.45, 7) is 1.97. The molecular formula is C24H23N7O. The van der Waals surface area contributed by atoms with Crippen LogP contribution in [0.2, 0.25) is 0 Å². The molecule has 8 nitrogen and oxygen atoms in total. The van der Waals surface area contributed by atoms with Gasteiger partial charge in [-0.15, -0.1) is 0 Å². The summed E-state index contributed by atoms with van der Waals surface area (Å²) in [5.41, 5.74) is 13.2. The maximum absolute atomic E-state index is 9.43. The van der Waals surface area contributed by atoms with Crippen molar-refractivity contribution in [1.29, 1.82) is 5.26 Å². The molecule has 4 aromatic rings. The Morgan fingerprint density at radius 3 is 2.81 bits per heavy atom. The van der Waals surface area contributed by atoms with Crippen LogP contribution in [-0.2, 0) is 19.5 Å². The number of nitrogens with two attached hydrogens (primary N) is 1. The van der Waals surface area contributed by atoms with E-state index >= 15 is 0 Å². The second kappa shape index (κ2) is 8.21. The zero-order valence-electron chi connectivity index (χ0n) is 17.7. The van der Waals surface area contributed by atoms with Gasteiger partial charge >= 0.3 is 0 Å². The van der Waals surface area contributed by atoms with Crippen LogP contribution < -0.4 is 21.1 Å². The lowest BCUT2D eigenvalue weighted by Gasteiger charge is -2.14. The molecule has 0 atom stereocenters. The summed E-state index contributed by atoms with van der Waals surface area (Å²) in [6.07, 6.45) is 4.33. The van der Waals surface area contributed by atoms with Crippen LogP contribution in [0.15, 0.2) is 48.8 Å². The Labute approximate surface area is 185 Å². The fourth-order valence-corrected chi connectivity index (χ4v) is 4.11. The van der Waals surface area contributed by atoms with E-state index in [1.54, 1.807) is 12.4 Å². The van der Waals surface area contributed by atoms with Gasteiger partial charge < -0.3 is 21.1 Å². The van der Waals surface area contributed by atoms with E-state index in [0.29, 0.717) is 30.4 Å². The maximum atomic E-state index is 9.43. The number of rotatable bonds is 6. The minimum absolute atomic E-state index is 0.336. The van der Waals surface area contributed by atoms with Gasteiger partial charge in [-0.25, -0.2) is 9.97 Å². The molecule has 0 radical (unpaired) electrons. The number of aromatic nitrogens is 3. The van der Waals surface area contributed by atoms with Gasteiger partial charge in [0, 0.05) is 48.1 Å². The third-order valence-electron chi connectivity index (χ3n) is 5.71. The largest absolute Gasteiger partial charge is 0.493 e. The molecule has 0 saturated carbocycles. The highest BCUT2D eigenvalue weighted by Gasteiger charge is 2.19. The number of fused-ring (bicyclic) bond motifs is 2. The number of anilines is 2. The summed E-state index contributed by atoms with van der Waals surface area (Å²) >= 11 is 0. The summed E-state index contributed by atoms with van der Waals surface area (Å²) in [5.74, 6) is 1.49. The average molecular weight is 425 g/mol. The number of nitrogen functional groups attached to an aromatic ring is 1. The number of nitrogens with one attached hydrogen (secondary N) is 2. The van der Waals surface area contributed by atoms with Crippen molar-refractivity contribution in [3.05, 3.63) is 71.2 Å². The van der Waals surface area contributed by atoms with Gasteiger partial charge in [-0.05, 0) is 30.3 Å². The molecule has 5 rings (SSSR count). The normalized spacial score (nSPS) is 12.4. The maximum Gasteiger partial charge on any atom is 0.208 e. The number of hydrogen-bond donors (Lipinski definition) is 3. The molecule has 0 amide bonds. The highest BCUT2D eigenvalue weighted by Crippen LogP contribution is 2.33. The first kappa shape index (κ1) is 19.8. The van der Waals surface area contributed by atoms with Crippen LogP contribution >= 0.6 is 0 Å². The standard InChI is InChI=1S/C24H23N7O/c1-27-11-15-2-4-16(5-3-15)19-12-28-24(31-14-17(10-25)30-23(19)31)29-13-20-18-8-9-32-22(18)7-6-21(20)26/h2-7,12,14,27H,8-9,11,13,26H2,1H3,(H,28,29). The fourth-order valence-electron chi connectivity index (χ4n) is 4.11. The molecule has 4 N–H and O–H groups in total. The molecule has 0 fully saturated rings. The summed E-state index contributed by atoms with van der Waals surface area (Å²) in [7, 11) is 1.92. The number of nitrogens with zero attached hydrogens (tertiary/aromatic N) is 4. The Morgan fingerprint density at radius 2 is 2.03 bits per heavy atom. The van der Waals surface area contributed by atoms with E-state index in [2.05, 4.69) is 38.8 Å². The van der Waals surface area contributed by atoms with Crippen molar-refractivity contribution in [3.8, 4) is 22.9 Å². The zero-order valence-corrected chi connectivity index (χ0v) is 17.7. The zero-order chi connectivity index (χ0) is 22.1. The smallest absolute Gasteiger partial charge is 0.208 e. The summed E-state index contributed by atoms with van der Waals surface area (Å²) < 4.78 is 7.49. The van der Waals surface area contributed by atoms with Gasteiger partial charge in [0.1, 0.15) is 11.8 Å². The molecule has 2 aromatic carbocycles. The van der Waals surface area contributed by atoms with Crippen molar-refractivity contribution in [2.45, 2.75) is 19.5 Å². The summed E-state index contributed by atoms with van der Waals surface area (Å²) in [6, 6.07) is 14.2. The predicted molar refractivity (Wildman–Crippen MR) is 123 cm³/mol. The monoisotopic (exact) mass is 425 g/mol. The lowest BCUT2D eigenvalue weighted by molar-refractivity contribution is 0.357. The lowest BCUT2D eigenvalue weighted by atomic mass is 10.0. The molecule has 3 heterocycles. The van der Waals surface area contributed by atoms with E-state index in [9.17, 15) is 5.26 Å². The van der Waals surface area contributed by atoms with Crippen LogP contribution in [0.1, 0.15) is 22.4 Å². The first-order valence-electron chi connectivity index (χ1n) is 10.5. The van der Waals surface area contributed by atoms with Crippen molar-refractivity contribution >= 4 is 17.3 Å². The Balaban J connectivity index is 1.50. The Kier molecular flexibility index (Phi) is 5.09. The second-order valence-electron chi connectivity index (χ2n) is 7.72.